The van der Waals surface area contributed by atoms with E-state index < -0.39 is 10.4 Å². The molecule has 0 N–H and O–H groups in total. The molecule has 0 bridgehead atoms. The van der Waals surface area contributed by atoms with E-state index in [1.807, 2.05) is 13.8 Å². The van der Waals surface area contributed by atoms with Gasteiger partial charge in [-0.1, -0.05) is 6.92 Å². The molecule has 0 aromatic heterocycles. The molecule has 0 saturated carbocycles. The molecule has 7 heteroatoms. The zero-order valence-corrected chi connectivity index (χ0v) is 12.5. The van der Waals surface area contributed by atoms with Crippen LogP contribution in [0.4, 0.5) is 0 Å². The van der Waals surface area contributed by atoms with Crippen molar-refractivity contribution in [1.29, 1.82) is 5.26 Å². The van der Waals surface area contributed by atoms with Crippen LogP contribution >= 0.6 is 45.9 Å². The molecule has 0 radical (unpaired) electrons. The van der Waals surface area contributed by atoms with Crippen molar-refractivity contribution < 1.29 is 10.4 Å². The summed E-state index contributed by atoms with van der Waals surface area (Å²) < 4.78 is 0. The molecule has 1 unspecified atom stereocenters. The summed E-state index contributed by atoms with van der Waals surface area (Å²) in [5, 5.41) is 8.08. The Hall–Kier alpha value is 1.68. The van der Waals surface area contributed by atoms with Gasteiger partial charge in [-0.05, 0) is 13.3 Å². The maximum atomic E-state index is 8.08. The molecule has 1 nitrogen and oxygen atoms in total. The first-order valence-corrected chi connectivity index (χ1v) is 17.2. The maximum absolute atomic E-state index is 8.08. The summed E-state index contributed by atoms with van der Waals surface area (Å²) in [6.07, 6.45) is 0.969. The molecule has 0 heterocycles. The van der Waals surface area contributed by atoms with Crippen LogP contribution in [0.25, 0.3) is 0 Å². The molecule has 0 aromatic rings. The van der Waals surface area contributed by atoms with Gasteiger partial charge < -0.3 is 0 Å². The molecule has 0 aromatic carbocycles. The van der Waals surface area contributed by atoms with Crippen LogP contribution < -0.4 is 0 Å². The van der Waals surface area contributed by atoms with Crippen LogP contribution in [-0.2, 0) is 10.4 Å². The van der Waals surface area contributed by atoms with Crippen LogP contribution in [0.2, 0.25) is 0 Å². The molecule has 12 heavy (non-hydrogen) atoms. The van der Waals surface area contributed by atoms with Gasteiger partial charge in [-0.25, -0.2) is 0 Å². The second kappa shape index (κ2) is 6.22. The molecule has 0 spiro atoms. The van der Waals surface area contributed by atoms with E-state index in [2.05, 4.69) is 6.07 Å². The zero-order chi connectivity index (χ0) is 10.4. The third-order valence-electron chi connectivity index (χ3n) is 0.833. The second-order valence-electron chi connectivity index (χ2n) is 2.08. The Balaban J connectivity index is 0. The van der Waals surface area contributed by atoms with Gasteiger partial charge in [0.2, 0.25) is 0 Å². The quantitative estimate of drug-likeness (QED) is 0.609. The third kappa shape index (κ3) is 41.3. The standard InChI is InChI=1S/C5H9N.5ClH.Nb/c1-3-5(2)4-6;;;;;;/h5H,3H2,1-2H3;5*1H;/q;;;;;;+5/p-5. The van der Waals surface area contributed by atoms with Gasteiger partial charge in [-0.2, -0.15) is 5.26 Å². The number of nitriles is 1. The Morgan fingerprint density at radius 2 is 1.50 bits per heavy atom. The summed E-state index contributed by atoms with van der Waals surface area (Å²) in [5.41, 5.74) is 0. The van der Waals surface area contributed by atoms with Crippen LogP contribution in [0.1, 0.15) is 20.3 Å². The SMILES string of the molecule is CCC(C)C#N.[Cl][Nb]([Cl])([Cl])([Cl])[Cl]. The fraction of sp³-hybridized carbons (Fsp3) is 0.800. The third-order valence-corrected chi connectivity index (χ3v) is 0.833. The summed E-state index contributed by atoms with van der Waals surface area (Å²) in [6, 6.07) is 2.11. The zero-order valence-electron chi connectivity index (χ0n) is 6.57. The van der Waals surface area contributed by atoms with Gasteiger partial charge in [0, 0.05) is 5.92 Å². The summed E-state index contributed by atoms with van der Waals surface area (Å²) in [4.78, 5) is 0. The molecule has 0 saturated heterocycles. The van der Waals surface area contributed by atoms with Crippen LogP contribution in [0.5, 0.6) is 0 Å². The first-order valence-electron chi connectivity index (χ1n) is 3.05. The van der Waals surface area contributed by atoms with Crippen molar-refractivity contribution in [3.8, 4) is 6.07 Å². The fourth-order valence-corrected chi connectivity index (χ4v) is 0.0913. The van der Waals surface area contributed by atoms with Gasteiger partial charge >= 0.3 is 56.4 Å². The number of nitrogens with zero attached hydrogens (tertiary/aromatic N) is 1. The van der Waals surface area contributed by atoms with Crippen molar-refractivity contribution in [1.82, 2.24) is 0 Å². The number of halogens is 5. The molecular formula is C5H9Cl5NNb. The number of hydrogen-bond acceptors (Lipinski definition) is 1. The van der Waals surface area contributed by atoms with E-state index in [0.717, 1.165) is 6.42 Å². The van der Waals surface area contributed by atoms with Crippen molar-refractivity contribution in [3.63, 3.8) is 0 Å². The molecule has 0 fully saturated rings. The Kier molecular flexibility index (Phi) is 8.35. The molecule has 0 amide bonds. The Bertz CT molecular complexity index is 150. The predicted octanol–water partition coefficient (Wildman–Crippen LogP) is 5.00. The van der Waals surface area contributed by atoms with E-state index in [4.69, 9.17) is 51.2 Å². The van der Waals surface area contributed by atoms with E-state index in [0.29, 0.717) is 0 Å². The monoisotopic (exact) mass is 351 g/mol. The van der Waals surface area contributed by atoms with E-state index in [1.165, 1.54) is 0 Å². The summed E-state index contributed by atoms with van der Waals surface area (Å²) in [6.45, 7) is 3.92. The normalized spacial score (nSPS) is 16.0. The number of hydrogen-bond donors (Lipinski definition) is 0. The molecular weight excluding hydrogens is 344 g/mol. The molecule has 0 aliphatic heterocycles. The molecule has 74 valence electrons. The van der Waals surface area contributed by atoms with Crippen molar-refractivity contribution in [2.75, 3.05) is 0 Å². The van der Waals surface area contributed by atoms with Gasteiger partial charge in [0.15, 0.2) is 0 Å². The first kappa shape index (κ1) is 16.1. The van der Waals surface area contributed by atoms with E-state index >= 15 is 0 Å². The van der Waals surface area contributed by atoms with Crippen LogP contribution in [0.3, 0.4) is 0 Å². The van der Waals surface area contributed by atoms with E-state index in [-0.39, 0.29) is 5.92 Å². The Morgan fingerprint density at radius 1 is 1.25 bits per heavy atom. The van der Waals surface area contributed by atoms with Crippen LogP contribution in [-0.4, -0.2) is 0 Å². The molecule has 0 rings (SSSR count). The van der Waals surface area contributed by atoms with Crippen molar-refractivity contribution in [2.24, 2.45) is 5.92 Å². The average molecular weight is 353 g/mol. The van der Waals surface area contributed by atoms with Gasteiger partial charge in [0.05, 0.1) is 6.07 Å². The Labute approximate surface area is 92.9 Å². The van der Waals surface area contributed by atoms with Crippen molar-refractivity contribution in [2.45, 2.75) is 20.3 Å². The van der Waals surface area contributed by atoms with Gasteiger partial charge in [0.1, 0.15) is 0 Å². The summed E-state index contributed by atoms with van der Waals surface area (Å²) >= 11 is 0. The summed E-state index contributed by atoms with van der Waals surface area (Å²) in [5.74, 6) is 0.241. The van der Waals surface area contributed by atoms with Crippen LogP contribution in [0.15, 0.2) is 0 Å². The predicted molar refractivity (Wildman–Crippen MR) is 54.3 cm³/mol. The minimum absolute atomic E-state index is 0.241. The van der Waals surface area contributed by atoms with E-state index in [9.17, 15) is 0 Å². The second-order valence-corrected chi connectivity index (χ2v) is 35.5. The van der Waals surface area contributed by atoms with Gasteiger partial charge in [0.25, 0.3) is 0 Å². The van der Waals surface area contributed by atoms with Crippen molar-refractivity contribution >= 4 is 45.9 Å². The molecule has 1 atom stereocenters. The van der Waals surface area contributed by atoms with E-state index in [1.54, 1.807) is 0 Å². The van der Waals surface area contributed by atoms with Crippen LogP contribution in [0, 0.1) is 17.2 Å². The first-order chi connectivity index (χ1) is 5.04. The minimum atomic E-state index is -4.33. The van der Waals surface area contributed by atoms with Crippen molar-refractivity contribution in [3.05, 3.63) is 0 Å². The topological polar surface area (TPSA) is 23.8 Å². The molecule has 0 aliphatic carbocycles. The number of rotatable bonds is 1. The Morgan fingerprint density at radius 3 is 1.50 bits per heavy atom. The average Bonchev–Trinajstić information content (AvgIpc) is 1.81. The fourth-order valence-electron chi connectivity index (χ4n) is 0.0913. The summed E-state index contributed by atoms with van der Waals surface area (Å²) in [7, 11) is 20.9. The van der Waals surface area contributed by atoms with Gasteiger partial charge in [-0.3, -0.25) is 0 Å². The molecule has 0 aliphatic rings. The van der Waals surface area contributed by atoms with Gasteiger partial charge in [-0.15, -0.1) is 0 Å².